The average Bonchev–Trinajstić information content (AvgIpc) is 3.43. The van der Waals surface area contributed by atoms with Crippen LogP contribution in [0.4, 0.5) is 5.69 Å². The second-order valence-corrected chi connectivity index (χ2v) is 12.3. The molecule has 9 heteroatoms. The van der Waals surface area contributed by atoms with E-state index in [0.29, 0.717) is 38.9 Å². The van der Waals surface area contributed by atoms with Crippen molar-refractivity contribution in [2.24, 2.45) is 11.8 Å². The van der Waals surface area contributed by atoms with Crippen molar-refractivity contribution < 1.29 is 18.0 Å². The Bertz CT molecular complexity index is 1150. The van der Waals surface area contributed by atoms with E-state index in [1.54, 1.807) is 29.5 Å². The van der Waals surface area contributed by atoms with Crippen molar-refractivity contribution >= 4 is 38.9 Å². The third-order valence-electron chi connectivity index (χ3n) is 6.91. The highest BCUT2D eigenvalue weighted by atomic mass is 32.2. The maximum absolute atomic E-state index is 13.3. The summed E-state index contributed by atoms with van der Waals surface area (Å²) in [7, 11) is -3.64. The van der Waals surface area contributed by atoms with Crippen molar-refractivity contribution in [2.45, 2.75) is 56.5 Å². The summed E-state index contributed by atoms with van der Waals surface area (Å²) in [6, 6.07) is 9.14. The van der Waals surface area contributed by atoms with Gasteiger partial charge in [0.05, 0.1) is 11.4 Å². The SMILES string of the molecule is C[C@@H]1Cc2cc(S(=O)(=O)N3CCC(C(=O)NCc4cccs4)CC3)ccc2N1C(=O)C1CC1. The van der Waals surface area contributed by atoms with E-state index in [1.807, 2.05) is 29.3 Å². The maximum Gasteiger partial charge on any atom is 0.243 e. The number of amides is 2. The van der Waals surface area contributed by atoms with Gasteiger partial charge in [0.2, 0.25) is 21.8 Å². The van der Waals surface area contributed by atoms with Crippen molar-refractivity contribution in [3.63, 3.8) is 0 Å². The summed E-state index contributed by atoms with van der Waals surface area (Å²) in [4.78, 5) is 28.4. The molecule has 1 atom stereocenters. The number of thiophene rings is 1. The Morgan fingerprint density at radius 3 is 2.52 bits per heavy atom. The van der Waals surface area contributed by atoms with Crippen LogP contribution in [0.5, 0.6) is 0 Å². The monoisotopic (exact) mass is 487 g/mol. The Morgan fingerprint density at radius 2 is 1.85 bits per heavy atom. The summed E-state index contributed by atoms with van der Waals surface area (Å²) in [5, 5.41) is 4.95. The number of carbonyl (C=O) groups excluding carboxylic acids is 2. The first-order chi connectivity index (χ1) is 15.8. The zero-order chi connectivity index (χ0) is 23.2. The van der Waals surface area contributed by atoms with Crippen LogP contribution in [0, 0.1) is 11.8 Å². The van der Waals surface area contributed by atoms with Gasteiger partial charge in [-0.05, 0) is 74.2 Å². The summed E-state index contributed by atoms with van der Waals surface area (Å²) < 4.78 is 28.1. The van der Waals surface area contributed by atoms with Crippen LogP contribution in [0.15, 0.2) is 40.6 Å². The first-order valence-electron chi connectivity index (χ1n) is 11.6. The van der Waals surface area contributed by atoms with Crippen LogP contribution >= 0.6 is 11.3 Å². The smallest absolute Gasteiger partial charge is 0.243 e. The van der Waals surface area contributed by atoms with Gasteiger partial charge in [-0.3, -0.25) is 9.59 Å². The highest BCUT2D eigenvalue weighted by molar-refractivity contribution is 7.89. The van der Waals surface area contributed by atoms with Crippen LogP contribution in [0.2, 0.25) is 0 Å². The van der Waals surface area contributed by atoms with E-state index in [-0.39, 0.29) is 34.6 Å². The van der Waals surface area contributed by atoms with Gasteiger partial charge in [0, 0.05) is 41.5 Å². The average molecular weight is 488 g/mol. The number of rotatable bonds is 6. The summed E-state index contributed by atoms with van der Waals surface area (Å²) >= 11 is 1.60. The first kappa shape index (κ1) is 22.6. The molecule has 0 unspecified atom stereocenters. The molecular formula is C24H29N3O4S2. The number of fused-ring (bicyclic) bond motifs is 1. The molecule has 33 heavy (non-hydrogen) atoms. The minimum atomic E-state index is -3.64. The lowest BCUT2D eigenvalue weighted by molar-refractivity contribution is -0.126. The number of nitrogens with zero attached hydrogens (tertiary/aromatic N) is 2. The molecule has 0 radical (unpaired) electrons. The highest BCUT2D eigenvalue weighted by Gasteiger charge is 2.40. The number of hydrogen-bond acceptors (Lipinski definition) is 5. The number of anilines is 1. The van der Waals surface area contributed by atoms with Gasteiger partial charge in [-0.1, -0.05) is 6.07 Å². The number of hydrogen-bond donors (Lipinski definition) is 1. The van der Waals surface area contributed by atoms with Crippen LogP contribution in [-0.4, -0.2) is 43.7 Å². The number of piperidine rings is 1. The molecule has 1 aliphatic carbocycles. The molecule has 2 amide bonds. The van der Waals surface area contributed by atoms with Crippen LogP contribution < -0.4 is 10.2 Å². The molecule has 1 saturated heterocycles. The zero-order valence-electron chi connectivity index (χ0n) is 18.7. The lowest BCUT2D eigenvalue weighted by Gasteiger charge is -2.30. The Balaban J connectivity index is 1.23. The van der Waals surface area contributed by atoms with E-state index in [4.69, 9.17) is 0 Å². The normalized spacial score (nSPS) is 21.7. The van der Waals surface area contributed by atoms with Crippen LogP contribution in [-0.2, 0) is 32.6 Å². The Morgan fingerprint density at radius 1 is 1.09 bits per heavy atom. The number of carbonyl (C=O) groups is 2. The fraction of sp³-hybridized carbons (Fsp3) is 0.500. The van der Waals surface area contributed by atoms with Crippen LogP contribution in [0.1, 0.15) is 43.0 Å². The number of sulfonamides is 1. The molecule has 3 heterocycles. The molecule has 1 N–H and O–H groups in total. The topological polar surface area (TPSA) is 86.8 Å². The van der Waals surface area contributed by atoms with Gasteiger partial charge in [0.1, 0.15) is 0 Å². The summed E-state index contributed by atoms with van der Waals surface area (Å²) in [6.07, 6.45) is 3.60. The lowest BCUT2D eigenvalue weighted by Crippen LogP contribution is -2.42. The van der Waals surface area contributed by atoms with Gasteiger partial charge in [-0.25, -0.2) is 8.42 Å². The predicted octanol–water partition coefficient (Wildman–Crippen LogP) is 3.15. The molecule has 1 saturated carbocycles. The van der Waals surface area contributed by atoms with Gasteiger partial charge in [0.25, 0.3) is 0 Å². The predicted molar refractivity (Wildman–Crippen MR) is 127 cm³/mol. The second-order valence-electron chi connectivity index (χ2n) is 9.30. The third-order valence-corrected chi connectivity index (χ3v) is 9.68. The molecule has 2 fully saturated rings. The summed E-state index contributed by atoms with van der Waals surface area (Å²) in [6.45, 7) is 3.20. The van der Waals surface area contributed by atoms with Gasteiger partial charge < -0.3 is 10.2 Å². The van der Waals surface area contributed by atoms with Crippen molar-refractivity contribution in [1.82, 2.24) is 9.62 Å². The van der Waals surface area contributed by atoms with Crippen molar-refractivity contribution in [2.75, 3.05) is 18.0 Å². The molecule has 2 aliphatic heterocycles. The van der Waals surface area contributed by atoms with E-state index >= 15 is 0 Å². The third kappa shape index (κ3) is 4.46. The summed E-state index contributed by atoms with van der Waals surface area (Å²) in [5.74, 6) is 0.119. The van der Waals surface area contributed by atoms with Gasteiger partial charge >= 0.3 is 0 Å². The van der Waals surface area contributed by atoms with Gasteiger partial charge in [-0.2, -0.15) is 4.31 Å². The number of nitrogens with one attached hydrogen (secondary N) is 1. The molecule has 2 aromatic rings. The van der Waals surface area contributed by atoms with E-state index in [9.17, 15) is 18.0 Å². The van der Waals surface area contributed by atoms with E-state index < -0.39 is 10.0 Å². The second kappa shape index (κ2) is 8.85. The van der Waals surface area contributed by atoms with E-state index in [0.717, 1.165) is 29.0 Å². The lowest BCUT2D eigenvalue weighted by atomic mass is 9.97. The van der Waals surface area contributed by atoms with Crippen LogP contribution in [0.25, 0.3) is 0 Å². The molecule has 0 bridgehead atoms. The highest BCUT2D eigenvalue weighted by Crippen LogP contribution is 2.40. The fourth-order valence-corrected chi connectivity index (χ4v) is 7.04. The molecule has 0 spiro atoms. The molecule has 1 aromatic heterocycles. The Kier molecular flexibility index (Phi) is 6.05. The maximum atomic E-state index is 13.3. The minimum Gasteiger partial charge on any atom is -0.351 e. The molecule has 5 rings (SSSR count). The first-order valence-corrected chi connectivity index (χ1v) is 13.9. The standard InChI is InChI=1S/C24H29N3O4S2/c1-16-13-19-14-21(6-7-22(19)27(16)24(29)18-4-5-18)33(30,31)26-10-8-17(9-11-26)23(28)25-15-20-3-2-12-32-20/h2-3,6-7,12,14,16-18H,4-5,8-11,13,15H2,1H3,(H,25,28)/t16-/m1/s1. The molecule has 7 nitrogen and oxygen atoms in total. The largest absolute Gasteiger partial charge is 0.351 e. The Labute approximate surface area is 198 Å². The van der Waals surface area contributed by atoms with Crippen molar-refractivity contribution in [3.05, 3.63) is 46.2 Å². The molecule has 3 aliphatic rings. The number of benzene rings is 1. The van der Waals surface area contributed by atoms with Crippen LogP contribution in [0.3, 0.4) is 0 Å². The van der Waals surface area contributed by atoms with Gasteiger partial charge in [-0.15, -0.1) is 11.3 Å². The van der Waals surface area contributed by atoms with Gasteiger partial charge in [0.15, 0.2) is 0 Å². The van der Waals surface area contributed by atoms with Crippen molar-refractivity contribution in [3.8, 4) is 0 Å². The zero-order valence-corrected chi connectivity index (χ0v) is 20.3. The molecule has 1 aromatic carbocycles. The van der Waals surface area contributed by atoms with Crippen molar-refractivity contribution in [1.29, 1.82) is 0 Å². The molecule has 176 valence electrons. The quantitative estimate of drug-likeness (QED) is 0.678. The van der Waals surface area contributed by atoms with E-state index in [1.165, 1.54) is 4.31 Å². The minimum absolute atomic E-state index is 0.00705. The summed E-state index contributed by atoms with van der Waals surface area (Å²) in [5.41, 5.74) is 1.76. The molecular weight excluding hydrogens is 458 g/mol. The Hall–Kier alpha value is -2.23. The fourth-order valence-electron chi connectivity index (χ4n) is 4.87. The van der Waals surface area contributed by atoms with E-state index in [2.05, 4.69) is 5.32 Å².